The van der Waals surface area contributed by atoms with Crippen LogP contribution in [0.1, 0.15) is 79.1 Å². The Bertz CT molecular complexity index is 2080. The van der Waals surface area contributed by atoms with Gasteiger partial charge >= 0.3 is 12.3 Å². The average molecular weight is 840 g/mol. The number of rotatable bonds is 9. The maximum atomic E-state index is 14.8. The second kappa shape index (κ2) is 16.2. The van der Waals surface area contributed by atoms with Crippen LogP contribution in [-0.4, -0.2) is 96.5 Å². The minimum atomic E-state index is -4.88. The second-order valence-electron chi connectivity index (χ2n) is 16.2. The number of carbonyl (C=O) groups excluding carboxylic acids is 4. The highest BCUT2D eigenvalue weighted by atomic mass is 32.2. The third-order valence-electron chi connectivity index (χ3n) is 11.9. The van der Waals surface area contributed by atoms with Gasteiger partial charge in [0.1, 0.15) is 35.3 Å². The minimum absolute atomic E-state index is 0.0439. The van der Waals surface area contributed by atoms with Gasteiger partial charge in [-0.05, 0) is 82.4 Å². The molecule has 1 saturated heterocycles. The molecular formula is C39H49F4N5O9S. The molecule has 3 fully saturated rings. The summed E-state index contributed by atoms with van der Waals surface area (Å²) in [6.45, 7) is 5.58. The zero-order chi connectivity index (χ0) is 42.4. The second-order valence-corrected chi connectivity index (χ2v) is 18.4. The number of benzene rings is 1. The Kier molecular flexibility index (Phi) is 12.0. The fourth-order valence-electron chi connectivity index (χ4n) is 7.78. The minimum Gasteiger partial charge on any atom is -0.494 e. The maximum Gasteiger partial charge on any atom is 0.425 e. The highest BCUT2D eigenvalue weighted by Crippen LogP contribution is 2.48. The number of carbonyl (C=O) groups is 4. The van der Waals surface area contributed by atoms with Crippen molar-refractivity contribution in [1.29, 1.82) is 0 Å². The number of halogens is 4. The quantitative estimate of drug-likeness (QED) is 0.228. The zero-order valence-electron chi connectivity index (χ0n) is 32.9. The zero-order valence-corrected chi connectivity index (χ0v) is 33.7. The molecular weight excluding hydrogens is 791 g/mol. The van der Waals surface area contributed by atoms with Crippen molar-refractivity contribution in [3.05, 3.63) is 42.4 Å². The van der Waals surface area contributed by atoms with Crippen LogP contribution in [0.2, 0.25) is 0 Å². The lowest BCUT2D eigenvalue weighted by atomic mass is 9.85. The van der Waals surface area contributed by atoms with Crippen LogP contribution in [-0.2, 0) is 29.1 Å². The molecule has 1 aromatic heterocycles. The molecule has 4 aliphatic rings. The Morgan fingerprint density at radius 3 is 2.53 bits per heavy atom. The highest BCUT2D eigenvalue weighted by Gasteiger charge is 2.63. The van der Waals surface area contributed by atoms with Crippen molar-refractivity contribution < 1.29 is 59.4 Å². The molecule has 0 spiro atoms. The van der Waals surface area contributed by atoms with Crippen LogP contribution in [0, 0.1) is 23.6 Å². The molecule has 2 aromatic rings. The first-order chi connectivity index (χ1) is 27.2. The summed E-state index contributed by atoms with van der Waals surface area (Å²) in [5.74, 6) is -4.15. The molecule has 3 N–H and O–H groups in total. The van der Waals surface area contributed by atoms with Gasteiger partial charge in [0, 0.05) is 17.7 Å². The first-order valence-electron chi connectivity index (χ1n) is 19.4. The van der Waals surface area contributed by atoms with Crippen molar-refractivity contribution >= 4 is 44.6 Å². The number of hydrogen-bond donors (Lipinski definition) is 3. The van der Waals surface area contributed by atoms with Gasteiger partial charge in [0.2, 0.25) is 27.7 Å². The number of sulfonamides is 1. The number of aromatic nitrogens is 1. The number of ether oxygens (including phenoxy) is 3. The lowest BCUT2D eigenvalue weighted by molar-refractivity contribution is -0.197. The van der Waals surface area contributed by atoms with Crippen molar-refractivity contribution in [3.63, 3.8) is 0 Å². The summed E-state index contributed by atoms with van der Waals surface area (Å²) < 4.78 is 98.4. The van der Waals surface area contributed by atoms with Gasteiger partial charge in [0.15, 0.2) is 6.10 Å². The summed E-state index contributed by atoms with van der Waals surface area (Å²) >= 11 is 0. The third kappa shape index (κ3) is 8.83. The SMILES string of the molecule is CC[C@@H]1C[C@H](C)CC/C=C\[C@@H]2C[C@@]2(C(=O)NS(=O)(=O)C2(C)CC2)NC(=O)[C@@H]2C[C@@H](Oc3ncc(OC)c4ccc(F)cc34)CN2C(=O)[C@H]1NC(=O)O[C@H](C)C(F)(F)F. The summed E-state index contributed by atoms with van der Waals surface area (Å²) in [6.07, 6.45) is -2.49. The van der Waals surface area contributed by atoms with E-state index in [2.05, 4.69) is 25.1 Å². The van der Waals surface area contributed by atoms with Crippen LogP contribution in [0.4, 0.5) is 22.4 Å². The largest absolute Gasteiger partial charge is 0.494 e. The third-order valence-corrected chi connectivity index (χ3v) is 14.1. The van der Waals surface area contributed by atoms with Gasteiger partial charge < -0.3 is 29.7 Å². The molecule has 1 aromatic carbocycles. The van der Waals surface area contributed by atoms with Crippen molar-refractivity contribution in [1.82, 2.24) is 25.2 Å². The summed E-state index contributed by atoms with van der Waals surface area (Å²) in [7, 11) is -2.69. The number of pyridine rings is 1. The number of amides is 4. The van der Waals surface area contributed by atoms with Gasteiger partial charge in [-0.15, -0.1) is 0 Å². The predicted octanol–water partition coefficient (Wildman–Crippen LogP) is 5.05. The van der Waals surface area contributed by atoms with Gasteiger partial charge in [-0.25, -0.2) is 22.6 Å². The first kappa shape index (κ1) is 42.9. The van der Waals surface area contributed by atoms with E-state index in [1.807, 2.05) is 13.0 Å². The lowest BCUT2D eigenvalue weighted by Crippen LogP contribution is -2.59. The van der Waals surface area contributed by atoms with Crippen molar-refractivity contribution in [2.45, 2.75) is 120 Å². The van der Waals surface area contributed by atoms with E-state index in [0.29, 0.717) is 56.6 Å². The van der Waals surface area contributed by atoms with Gasteiger partial charge in [0.05, 0.1) is 30.0 Å². The average Bonchev–Trinajstić information content (AvgIpc) is 4.04. The summed E-state index contributed by atoms with van der Waals surface area (Å²) in [4.78, 5) is 61.7. The summed E-state index contributed by atoms with van der Waals surface area (Å²) in [5.41, 5.74) is -1.68. The Morgan fingerprint density at radius 2 is 1.88 bits per heavy atom. The summed E-state index contributed by atoms with van der Waals surface area (Å²) in [6, 6.07) is 1.04. The molecule has 2 aliphatic carbocycles. The number of alkyl halides is 3. The molecule has 4 amide bonds. The van der Waals surface area contributed by atoms with E-state index in [9.17, 15) is 45.2 Å². The van der Waals surface area contributed by atoms with E-state index in [1.165, 1.54) is 38.4 Å². The fraction of sp³-hybridized carbons (Fsp3) is 0.615. The smallest absolute Gasteiger partial charge is 0.425 e. The molecule has 3 heterocycles. The lowest BCUT2D eigenvalue weighted by Gasteiger charge is -2.34. The van der Waals surface area contributed by atoms with E-state index in [-0.39, 0.29) is 36.6 Å². The Hall–Kier alpha value is -4.68. The van der Waals surface area contributed by atoms with Gasteiger partial charge in [0.25, 0.3) is 5.91 Å². The Labute approximate surface area is 333 Å². The number of nitrogens with one attached hydrogen (secondary N) is 3. The number of hydrogen-bond acceptors (Lipinski definition) is 10. The van der Waals surface area contributed by atoms with E-state index in [1.54, 1.807) is 13.0 Å². The van der Waals surface area contributed by atoms with Crippen LogP contribution in [0.15, 0.2) is 36.5 Å². The predicted molar refractivity (Wildman–Crippen MR) is 201 cm³/mol. The van der Waals surface area contributed by atoms with Crippen molar-refractivity contribution in [3.8, 4) is 11.6 Å². The Morgan fingerprint density at radius 1 is 1.16 bits per heavy atom. The number of allylic oxidation sites excluding steroid dienone is 1. The van der Waals surface area contributed by atoms with Crippen molar-refractivity contribution in [2.24, 2.45) is 17.8 Å². The standard InChI is InChI=1S/C39H49F4N5O9S/c1-6-23-15-21(2)9-7-8-10-24-18-38(24,35(51)47-58(53,54)37(4)13-14-37)46-32(49)29-17-26(57-33-28-16-25(40)11-12-27(28)30(55-5)19-44-33)20-48(29)34(50)31(23)45-36(52)56-22(3)39(41,42)43/h8,10-12,16,19,21-24,26,29,31H,6-7,9,13-15,17-18,20H2,1-5H3,(H,45,52)(H,46,49)(H,47,51)/b10-8-/t21-,22-,23-,24-,26-,29+,31+,38-/m1/s1. The molecule has 6 rings (SSSR count). The molecule has 0 unspecified atom stereocenters. The van der Waals surface area contributed by atoms with E-state index in [0.717, 1.165) is 4.90 Å². The maximum absolute atomic E-state index is 14.8. The highest BCUT2D eigenvalue weighted by molar-refractivity contribution is 7.91. The molecule has 318 valence electrons. The van der Waals surface area contributed by atoms with E-state index >= 15 is 0 Å². The van der Waals surface area contributed by atoms with Crippen LogP contribution in [0.3, 0.4) is 0 Å². The van der Waals surface area contributed by atoms with E-state index < -0.39 is 92.2 Å². The topological polar surface area (TPSA) is 182 Å². The van der Waals surface area contributed by atoms with Crippen molar-refractivity contribution in [2.75, 3.05) is 13.7 Å². The van der Waals surface area contributed by atoms with E-state index in [4.69, 9.17) is 9.47 Å². The van der Waals surface area contributed by atoms with Crippen LogP contribution in [0.25, 0.3) is 10.8 Å². The number of alkyl carbamates (subject to hydrolysis) is 1. The molecule has 2 saturated carbocycles. The molecule has 0 bridgehead atoms. The molecule has 8 atom stereocenters. The molecule has 0 radical (unpaired) electrons. The molecule has 19 heteroatoms. The fourth-order valence-corrected chi connectivity index (χ4v) is 9.09. The Balaban J connectivity index is 1.37. The molecule has 14 nitrogen and oxygen atoms in total. The van der Waals surface area contributed by atoms with Gasteiger partial charge in [-0.2, -0.15) is 13.2 Å². The van der Waals surface area contributed by atoms with Gasteiger partial charge in [-0.1, -0.05) is 32.4 Å². The summed E-state index contributed by atoms with van der Waals surface area (Å²) in [5, 5.41) is 5.82. The van der Waals surface area contributed by atoms with Crippen LogP contribution in [0.5, 0.6) is 11.6 Å². The van der Waals surface area contributed by atoms with Crippen LogP contribution < -0.4 is 24.8 Å². The number of fused-ring (bicyclic) bond motifs is 3. The van der Waals surface area contributed by atoms with Gasteiger partial charge in [-0.3, -0.25) is 19.1 Å². The van der Waals surface area contributed by atoms with Crippen LogP contribution >= 0.6 is 0 Å². The number of nitrogens with zero attached hydrogens (tertiary/aromatic N) is 2. The molecule has 58 heavy (non-hydrogen) atoms. The molecule has 2 aliphatic heterocycles. The first-order valence-corrected chi connectivity index (χ1v) is 20.9. The normalized spacial score (nSPS) is 29.7. The number of methoxy groups -OCH3 is 1. The monoisotopic (exact) mass is 839 g/mol.